The Morgan fingerprint density at radius 2 is 1.73 bits per heavy atom. The SMILES string of the molecule is Cc1ccc(C(=O)[C@H](C)OC(=O)c2cccc(O)c2)cc1C. The van der Waals surface area contributed by atoms with Crippen LogP contribution in [0.3, 0.4) is 0 Å². The summed E-state index contributed by atoms with van der Waals surface area (Å²) in [6, 6.07) is 11.2. The summed E-state index contributed by atoms with van der Waals surface area (Å²) < 4.78 is 5.18. The zero-order valence-electron chi connectivity index (χ0n) is 12.8. The third-order valence-electron chi connectivity index (χ3n) is 3.53. The summed E-state index contributed by atoms with van der Waals surface area (Å²) in [7, 11) is 0. The molecule has 0 fully saturated rings. The van der Waals surface area contributed by atoms with E-state index in [-0.39, 0.29) is 17.1 Å². The van der Waals surface area contributed by atoms with Gasteiger partial charge in [-0.3, -0.25) is 4.79 Å². The highest BCUT2D eigenvalue weighted by atomic mass is 16.5. The number of ether oxygens (including phenoxy) is 1. The summed E-state index contributed by atoms with van der Waals surface area (Å²) in [5, 5.41) is 9.37. The first kappa shape index (κ1) is 15.8. The van der Waals surface area contributed by atoms with Crippen molar-refractivity contribution in [3.05, 3.63) is 64.7 Å². The van der Waals surface area contributed by atoms with Crippen LogP contribution in [0.2, 0.25) is 0 Å². The van der Waals surface area contributed by atoms with Gasteiger partial charge in [-0.05, 0) is 56.2 Å². The van der Waals surface area contributed by atoms with Crippen LogP contribution in [0.4, 0.5) is 0 Å². The van der Waals surface area contributed by atoms with Crippen molar-refractivity contribution in [1.82, 2.24) is 0 Å². The first-order valence-corrected chi connectivity index (χ1v) is 7.00. The van der Waals surface area contributed by atoms with E-state index < -0.39 is 12.1 Å². The zero-order valence-corrected chi connectivity index (χ0v) is 12.8. The molecule has 0 heterocycles. The van der Waals surface area contributed by atoms with E-state index in [4.69, 9.17) is 4.74 Å². The number of hydrogen-bond donors (Lipinski definition) is 1. The average molecular weight is 298 g/mol. The Labute approximate surface area is 129 Å². The van der Waals surface area contributed by atoms with Gasteiger partial charge >= 0.3 is 5.97 Å². The topological polar surface area (TPSA) is 63.6 Å². The van der Waals surface area contributed by atoms with E-state index in [2.05, 4.69) is 0 Å². The number of aryl methyl sites for hydroxylation is 2. The second-order valence-electron chi connectivity index (χ2n) is 5.26. The highest BCUT2D eigenvalue weighted by Crippen LogP contribution is 2.16. The summed E-state index contributed by atoms with van der Waals surface area (Å²) in [6.45, 7) is 5.43. The van der Waals surface area contributed by atoms with Crippen LogP contribution >= 0.6 is 0 Å². The molecule has 0 saturated carbocycles. The van der Waals surface area contributed by atoms with Crippen LogP contribution in [0.5, 0.6) is 5.75 Å². The molecule has 0 aliphatic carbocycles. The Bertz CT molecular complexity index is 719. The van der Waals surface area contributed by atoms with Crippen molar-refractivity contribution in [2.75, 3.05) is 0 Å². The van der Waals surface area contributed by atoms with Crippen LogP contribution in [-0.2, 0) is 4.74 Å². The number of phenols is 1. The predicted molar refractivity (Wildman–Crippen MR) is 83.2 cm³/mol. The number of carbonyl (C=O) groups excluding carboxylic acids is 2. The fourth-order valence-corrected chi connectivity index (χ4v) is 2.04. The summed E-state index contributed by atoms with van der Waals surface area (Å²) >= 11 is 0. The van der Waals surface area contributed by atoms with Crippen molar-refractivity contribution in [3.8, 4) is 5.75 Å². The maximum absolute atomic E-state index is 12.3. The third kappa shape index (κ3) is 3.52. The monoisotopic (exact) mass is 298 g/mol. The molecule has 0 saturated heterocycles. The lowest BCUT2D eigenvalue weighted by Gasteiger charge is -2.13. The van der Waals surface area contributed by atoms with E-state index in [1.807, 2.05) is 19.9 Å². The Kier molecular flexibility index (Phi) is 4.61. The molecule has 0 spiro atoms. The average Bonchev–Trinajstić information content (AvgIpc) is 2.49. The largest absolute Gasteiger partial charge is 0.508 e. The van der Waals surface area contributed by atoms with Crippen molar-refractivity contribution >= 4 is 11.8 Å². The van der Waals surface area contributed by atoms with Crippen molar-refractivity contribution < 1.29 is 19.4 Å². The molecule has 4 heteroatoms. The second kappa shape index (κ2) is 6.43. The summed E-state index contributed by atoms with van der Waals surface area (Å²) in [5.41, 5.74) is 2.83. The number of phenolic OH excluding ortho intramolecular Hbond substituents is 1. The third-order valence-corrected chi connectivity index (χ3v) is 3.53. The molecule has 1 N–H and O–H groups in total. The first-order valence-electron chi connectivity index (χ1n) is 7.00. The van der Waals surface area contributed by atoms with Gasteiger partial charge in [0.05, 0.1) is 5.56 Å². The maximum Gasteiger partial charge on any atom is 0.338 e. The molecule has 2 aromatic rings. The van der Waals surface area contributed by atoms with Gasteiger partial charge in [-0.25, -0.2) is 4.79 Å². The van der Waals surface area contributed by atoms with Crippen LogP contribution in [0.1, 0.15) is 38.8 Å². The first-order chi connectivity index (χ1) is 10.4. The second-order valence-corrected chi connectivity index (χ2v) is 5.26. The summed E-state index contributed by atoms with van der Waals surface area (Å²) in [4.78, 5) is 24.3. The van der Waals surface area contributed by atoms with Gasteiger partial charge in [0.2, 0.25) is 5.78 Å². The Balaban J connectivity index is 2.11. The Morgan fingerprint density at radius 1 is 1.00 bits per heavy atom. The van der Waals surface area contributed by atoms with Gasteiger partial charge in [0.1, 0.15) is 5.75 Å². The van der Waals surface area contributed by atoms with Gasteiger partial charge in [-0.1, -0.05) is 18.2 Å². The van der Waals surface area contributed by atoms with Crippen molar-refractivity contribution in [2.24, 2.45) is 0 Å². The maximum atomic E-state index is 12.3. The normalized spacial score (nSPS) is 11.8. The number of aromatic hydroxyl groups is 1. The lowest BCUT2D eigenvalue weighted by Crippen LogP contribution is -2.24. The summed E-state index contributed by atoms with van der Waals surface area (Å²) in [5.74, 6) is -0.917. The van der Waals surface area contributed by atoms with E-state index in [1.54, 1.807) is 18.2 Å². The van der Waals surface area contributed by atoms with Gasteiger partial charge in [0, 0.05) is 5.56 Å². The van der Waals surface area contributed by atoms with E-state index in [0.717, 1.165) is 11.1 Å². The van der Waals surface area contributed by atoms with Crippen LogP contribution in [0.25, 0.3) is 0 Å². The molecule has 2 rings (SSSR count). The minimum absolute atomic E-state index is 0.0254. The summed E-state index contributed by atoms with van der Waals surface area (Å²) in [6.07, 6.45) is -0.892. The molecule has 114 valence electrons. The van der Waals surface area contributed by atoms with Gasteiger partial charge in [0.25, 0.3) is 0 Å². The fourth-order valence-electron chi connectivity index (χ4n) is 2.04. The molecular formula is C18H18O4. The number of hydrogen-bond acceptors (Lipinski definition) is 4. The molecule has 1 atom stereocenters. The molecule has 0 radical (unpaired) electrons. The van der Waals surface area contributed by atoms with Crippen LogP contribution in [-0.4, -0.2) is 23.0 Å². The van der Waals surface area contributed by atoms with Crippen LogP contribution in [0, 0.1) is 13.8 Å². The fraction of sp³-hybridized carbons (Fsp3) is 0.222. The molecule has 0 unspecified atom stereocenters. The molecule has 2 aromatic carbocycles. The Morgan fingerprint density at radius 3 is 2.36 bits per heavy atom. The molecular weight excluding hydrogens is 280 g/mol. The van der Waals surface area contributed by atoms with Gasteiger partial charge < -0.3 is 9.84 Å². The number of rotatable bonds is 4. The number of carbonyl (C=O) groups is 2. The molecule has 0 bridgehead atoms. The quantitative estimate of drug-likeness (QED) is 0.693. The predicted octanol–water partition coefficient (Wildman–Crippen LogP) is 3.44. The van der Waals surface area contributed by atoms with Crippen molar-refractivity contribution in [2.45, 2.75) is 26.9 Å². The smallest absolute Gasteiger partial charge is 0.338 e. The number of ketones is 1. The van der Waals surface area contributed by atoms with Gasteiger partial charge in [-0.2, -0.15) is 0 Å². The number of Topliss-reactive ketones (excluding diaryl/α,β-unsaturated/α-hetero) is 1. The number of benzene rings is 2. The van der Waals surface area contributed by atoms with Crippen molar-refractivity contribution in [3.63, 3.8) is 0 Å². The van der Waals surface area contributed by atoms with E-state index in [9.17, 15) is 14.7 Å². The van der Waals surface area contributed by atoms with E-state index >= 15 is 0 Å². The minimum Gasteiger partial charge on any atom is -0.508 e. The zero-order chi connectivity index (χ0) is 16.3. The highest BCUT2D eigenvalue weighted by Gasteiger charge is 2.20. The molecule has 0 amide bonds. The minimum atomic E-state index is -0.892. The highest BCUT2D eigenvalue weighted by molar-refractivity contribution is 6.01. The van der Waals surface area contributed by atoms with Gasteiger partial charge in [-0.15, -0.1) is 0 Å². The van der Waals surface area contributed by atoms with Crippen LogP contribution in [0.15, 0.2) is 42.5 Å². The lowest BCUT2D eigenvalue weighted by molar-refractivity contribution is 0.0318. The van der Waals surface area contributed by atoms with Crippen molar-refractivity contribution in [1.29, 1.82) is 0 Å². The molecule has 22 heavy (non-hydrogen) atoms. The van der Waals surface area contributed by atoms with E-state index in [0.29, 0.717) is 5.56 Å². The molecule has 4 nitrogen and oxygen atoms in total. The molecule has 0 aliphatic heterocycles. The molecule has 0 aliphatic rings. The lowest BCUT2D eigenvalue weighted by atomic mass is 10.0. The standard InChI is InChI=1S/C18H18O4/c1-11-7-8-14(9-12(11)2)17(20)13(3)22-18(21)15-5-4-6-16(19)10-15/h4-10,13,19H,1-3H3/t13-/m0/s1. The number of esters is 1. The van der Waals surface area contributed by atoms with E-state index in [1.165, 1.54) is 25.1 Å². The van der Waals surface area contributed by atoms with Gasteiger partial charge in [0.15, 0.2) is 6.10 Å². The van der Waals surface area contributed by atoms with Crippen LogP contribution < -0.4 is 0 Å². The molecule has 0 aromatic heterocycles. The Hall–Kier alpha value is -2.62.